The van der Waals surface area contributed by atoms with Gasteiger partial charge in [-0.1, -0.05) is 0 Å². The molecule has 0 bridgehead atoms. The molecular weight excluding hydrogens is 306 g/mol. The van der Waals surface area contributed by atoms with Gasteiger partial charge in [0.1, 0.15) is 5.69 Å². The molecule has 0 atom stereocenters. The Kier molecular flexibility index (Phi) is 3.21. The minimum absolute atomic E-state index is 0.0474. The second-order valence-electron chi connectivity index (χ2n) is 3.31. The molecule has 0 fully saturated rings. The van der Waals surface area contributed by atoms with Crippen molar-refractivity contribution < 1.29 is 4.92 Å². The molecule has 3 N–H and O–H groups in total. The molecule has 0 radical (unpaired) electrons. The van der Waals surface area contributed by atoms with Gasteiger partial charge in [-0.05, 0) is 22.9 Å². The lowest BCUT2D eigenvalue weighted by molar-refractivity contribution is -0.385. The maximum absolute atomic E-state index is 11.0. The van der Waals surface area contributed by atoms with E-state index < -0.39 is 4.92 Å². The van der Waals surface area contributed by atoms with Gasteiger partial charge in [-0.2, -0.15) is 10.1 Å². The summed E-state index contributed by atoms with van der Waals surface area (Å²) in [5.41, 5.74) is 2.23. The fraction of sp³-hybridized carbons (Fsp3) is 0.125. The Balaban J connectivity index is 2.70. The fourth-order valence-electron chi connectivity index (χ4n) is 1.41. The van der Waals surface area contributed by atoms with Crippen LogP contribution in [0.25, 0.3) is 5.82 Å². The van der Waals surface area contributed by atoms with Crippen LogP contribution >= 0.6 is 15.9 Å². The molecular formula is C8H8BrN7O2. The molecule has 0 spiro atoms. The summed E-state index contributed by atoms with van der Waals surface area (Å²) in [6.07, 6.45) is 3.05. The second-order valence-corrected chi connectivity index (χ2v) is 4.23. The topological polar surface area (TPSA) is 125 Å². The van der Waals surface area contributed by atoms with E-state index in [1.807, 2.05) is 0 Å². The Morgan fingerprint density at radius 2 is 2.28 bits per heavy atom. The number of rotatable bonds is 3. The van der Waals surface area contributed by atoms with Crippen molar-refractivity contribution in [2.24, 2.45) is 5.84 Å². The van der Waals surface area contributed by atoms with Gasteiger partial charge in [-0.25, -0.2) is 15.5 Å². The van der Waals surface area contributed by atoms with E-state index in [1.165, 1.54) is 17.8 Å². The zero-order valence-electron chi connectivity index (χ0n) is 9.16. The maximum Gasteiger partial charge on any atom is 0.334 e. The Morgan fingerprint density at radius 1 is 1.56 bits per heavy atom. The summed E-state index contributed by atoms with van der Waals surface area (Å²) in [5.74, 6) is 5.34. The zero-order chi connectivity index (χ0) is 13.3. The lowest BCUT2D eigenvalue weighted by atomic mass is 10.3. The zero-order valence-corrected chi connectivity index (χ0v) is 10.7. The van der Waals surface area contributed by atoms with Crippen molar-refractivity contribution >= 4 is 27.6 Å². The summed E-state index contributed by atoms with van der Waals surface area (Å²) in [4.78, 5) is 18.3. The number of nitrogens with one attached hydrogen (secondary N) is 1. The normalized spacial score (nSPS) is 10.4. The predicted octanol–water partition coefficient (Wildman–Crippen LogP) is 0.927. The SMILES string of the molecule is Cc1nc(NN)nc(-n2cc(Br)cn2)c1[N+](=O)[O-]. The number of hydrogen-bond acceptors (Lipinski definition) is 7. The molecule has 0 amide bonds. The van der Waals surface area contributed by atoms with Crippen molar-refractivity contribution in [2.75, 3.05) is 5.43 Å². The molecule has 18 heavy (non-hydrogen) atoms. The van der Waals surface area contributed by atoms with E-state index in [9.17, 15) is 10.1 Å². The first-order chi connectivity index (χ1) is 8.52. The van der Waals surface area contributed by atoms with E-state index in [-0.39, 0.29) is 23.1 Å². The van der Waals surface area contributed by atoms with E-state index >= 15 is 0 Å². The van der Waals surface area contributed by atoms with Gasteiger partial charge in [-0.3, -0.25) is 15.5 Å². The standard InChI is InChI=1S/C8H8BrN7O2/c1-4-6(16(17)18)7(13-8(12-4)14-10)15-3-5(9)2-11-15/h2-3H,10H2,1H3,(H,12,13,14). The van der Waals surface area contributed by atoms with Crippen LogP contribution < -0.4 is 11.3 Å². The van der Waals surface area contributed by atoms with Gasteiger partial charge in [0.15, 0.2) is 0 Å². The Labute approximate surface area is 109 Å². The first-order valence-electron chi connectivity index (χ1n) is 4.73. The average Bonchev–Trinajstić information content (AvgIpc) is 2.74. The Hall–Kier alpha value is -2.07. The molecule has 0 aliphatic carbocycles. The van der Waals surface area contributed by atoms with Crippen LogP contribution in [0.5, 0.6) is 0 Å². The summed E-state index contributed by atoms with van der Waals surface area (Å²) >= 11 is 3.21. The molecule has 10 heteroatoms. The van der Waals surface area contributed by atoms with Crippen molar-refractivity contribution in [3.63, 3.8) is 0 Å². The molecule has 0 unspecified atom stereocenters. The monoisotopic (exact) mass is 313 g/mol. The summed E-state index contributed by atoms with van der Waals surface area (Å²) in [5, 5.41) is 15.0. The molecule has 0 saturated heterocycles. The average molecular weight is 314 g/mol. The lowest BCUT2D eigenvalue weighted by Gasteiger charge is -2.06. The molecule has 2 aromatic rings. The highest BCUT2D eigenvalue weighted by Gasteiger charge is 2.23. The number of nitro groups is 1. The van der Waals surface area contributed by atoms with Gasteiger partial charge in [0, 0.05) is 6.20 Å². The molecule has 94 valence electrons. The van der Waals surface area contributed by atoms with E-state index in [1.54, 1.807) is 6.20 Å². The largest absolute Gasteiger partial charge is 0.334 e. The van der Waals surface area contributed by atoms with Crippen LogP contribution in [-0.2, 0) is 0 Å². The third-order valence-corrected chi connectivity index (χ3v) is 2.53. The Morgan fingerprint density at radius 3 is 2.78 bits per heavy atom. The smallest absolute Gasteiger partial charge is 0.292 e. The Bertz CT molecular complexity index is 611. The lowest BCUT2D eigenvalue weighted by Crippen LogP contribution is -2.15. The van der Waals surface area contributed by atoms with Gasteiger partial charge >= 0.3 is 5.69 Å². The number of nitrogens with two attached hydrogens (primary N) is 1. The molecule has 2 aromatic heterocycles. The highest BCUT2D eigenvalue weighted by molar-refractivity contribution is 9.10. The fourth-order valence-corrected chi connectivity index (χ4v) is 1.69. The van der Waals surface area contributed by atoms with Gasteiger partial charge in [0.05, 0.1) is 15.6 Å². The number of anilines is 1. The number of hydrazine groups is 1. The van der Waals surface area contributed by atoms with Crippen molar-refractivity contribution in [2.45, 2.75) is 6.92 Å². The number of aryl methyl sites for hydroxylation is 1. The summed E-state index contributed by atoms with van der Waals surface area (Å²) < 4.78 is 1.95. The van der Waals surface area contributed by atoms with Crippen molar-refractivity contribution in [1.29, 1.82) is 0 Å². The molecule has 9 nitrogen and oxygen atoms in total. The highest BCUT2D eigenvalue weighted by Crippen LogP contribution is 2.25. The van der Waals surface area contributed by atoms with E-state index in [0.29, 0.717) is 4.47 Å². The molecule has 0 saturated carbocycles. The summed E-state index contributed by atoms with van der Waals surface area (Å²) in [6.45, 7) is 1.50. The first kappa shape index (κ1) is 12.4. The third kappa shape index (κ3) is 2.15. The van der Waals surface area contributed by atoms with Crippen LogP contribution in [0.1, 0.15) is 5.69 Å². The predicted molar refractivity (Wildman–Crippen MR) is 66.1 cm³/mol. The highest BCUT2D eigenvalue weighted by atomic mass is 79.9. The van der Waals surface area contributed by atoms with Crippen molar-refractivity contribution in [1.82, 2.24) is 19.7 Å². The minimum atomic E-state index is -0.555. The van der Waals surface area contributed by atoms with Crippen LogP contribution in [0, 0.1) is 17.0 Å². The number of nitrogens with zero attached hydrogens (tertiary/aromatic N) is 5. The van der Waals surface area contributed by atoms with Crippen molar-refractivity contribution in [3.05, 3.63) is 32.7 Å². The van der Waals surface area contributed by atoms with Gasteiger partial charge < -0.3 is 0 Å². The maximum atomic E-state index is 11.0. The van der Waals surface area contributed by atoms with Crippen LogP contribution in [0.15, 0.2) is 16.9 Å². The van der Waals surface area contributed by atoms with Gasteiger partial charge in [0.25, 0.3) is 0 Å². The van der Waals surface area contributed by atoms with Crippen LogP contribution in [0.3, 0.4) is 0 Å². The minimum Gasteiger partial charge on any atom is -0.292 e. The van der Waals surface area contributed by atoms with E-state index in [0.717, 1.165) is 0 Å². The van der Waals surface area contributed by atoms with Gasteiger partial charge in [-0.15, -0.1) is 0 Å². The van der Waals surface area contributed by atoms with E-state index in [2.05, 4.69) is 36.4 Å². The number of aromatic nitrogens is 4. The molecule has 2 heterocycles. The van der Waals surface area contributed by atoms with Crippen LogP contribution in [0.2, 0.25) is 0 Å². The molecule has 0 aromatic carbocycles. The number of halogens is 1. The first-order valence-corrected chi connectivity index (χ1v) is 5.52. The molecule has 2 rings (SSSR count). The summed E-state index contributed by atoms with van der Waals surface area (Å²) in [7, 11) is 0. The van der Waals surface area contributed by atoms with E-state index in [4.69, 9.17) is 5.84 Å². The second kappa shape index (κ2) is 4.66. The number of hydrogen-bond donors (Lipinski definition) is 2. The molecule has 0 aliphatic heterocycles. The summed E-state index contributed by atoms with van der Waals surface area (Å²) in [6, 6.07) is 0. The van der Waals surface area contributed by atoms with Crippen molar-refractivity contribution in [3.8, 4) is 5.82 Å². The van der Waals surface area contributed by atoms with Gasteiger partial charge in [0.2, 0.25) is 11.8 Å². The quantitative estimate of drug-likeness (QED) is 0.490. The van der Waals surface area contributed by atoms with Crippen LogP contribution in [-0.4, -0.2) is 24.7 Å². The number of nitrogen functional groups attached to an aromatic ring is 1. The van der Waals surface area contributed by atoms with Crippen LogP contribution in [0.4, 0.5) is 11.6 Å². The molecule has 0 aliphatic rings. The third-order valence-electron chi connectivity index (χ3n) is 2.12.